The predicted octanol–water partition coefficient (Wildman–Crippen LogP) is 2.72. The van der Waals surface area contributed by atoms with Gasteiger partial charge in [-0.1, -0.05) is 6.07 Å². The van der Waals surface area contributed by atoms with E-state index < -0.39 is 24.3 Å². The van der Waals surface area contributed by atoms with Gasteiger partial charge in [-0.25, -0.2) is 9.59 Å². The highest BCUT2D eigenvalue weighted by Gasteiger charge is 2.41. The molecule has 0 bridgehead atoms. The number of hydrogen-bond donors (Lipinski definition) is 2. The van der Waals surface area contributed by atoms with E-state index in [0.717, 1.165) is 39.0 Å². The number of halogens is 6. The lowest BCUT2D eigenvalue weighted by Gasteiger charge is -2.39. The third kappa shape index (κ3) is 11.8. The van der Waals surface area contributed by atoms with Crippen LogP contribution in [0.3, 0.4) is 0 Å². The van der Waals surface area contributed by atoms with E-state index in [-0.39, 0.29) is 5.91 Å². The molecule has 15 heteroatoms. The van der Waals surface area contributed by atoms with Gasteiger partial charge in [-0.3, -0.25) is 14.7 Å². The fourth-order valence-electron chi connectivity index (χ4n) is 3.92. The second-order valence-corrected chi connectivity index (χ2v) is 9.05. The molecule has 0 radical (unpaired) electrons. The minimum atomic E-state index is -5.08. The average molecular weight is 544 g/mol. The van der Waals surface area contributed by atoms with Crippen molar-refractivity contribution in [1.82, 2.24) is 19.7 Å². The summed E-state index contributed by atoms with van der Waals surface area (Å²) in [7, 11) is 3.91. The summed E-state index contributed by atoms with van der Waals surface area (Å²) >= 11 is 0. The number of rotatable bonds is 4. The van der Waals surface area contributed by atoms with Gasteiger partial charge in [-0.2, -0.15) is 26.3 Å². The highest BCUT2D eigenvalue weighted by Crippen LogP contribution is 2.40. The zero-order chi connectivity index (χ0) is 28.4. The van der Waals surface area contributed by atoms with E-state index in [0.29, 0.717) is 12.0 Å². The Labute approximate surface area is 209 Å². The molecule has 0 saturated carbocycles. The molecule has 0 aliphatic carbocycles. The molecule has 2 saturated heterocycles. The lowest BCUT2D eigenvalue weighted by molar-refractivity contribution is -0.193. The average Bonchev–Trinajstić information content (AvgIpc) is 3.15. The van der Waals surface area contributed by atoms with Crippen LogP contribution in [0.25, 0.3) is 0 Å². The van der Waals surface area contributed by atoms with Crippen molar-refractivity contribution in [2.75, 3.05) is 46.8 Å². The molecule has 1 aromatic rings. The SMILES string of the molecule is CN(C)CC(=O)N1CCC2(CCN(Cc3cccnc3)C2)CC1.O=C(O)C(F)(F)F.O=C(O)C(F)(F)F. The minimum absolute atomic E-state index is 0.273. The molecule has 3 rings (SSSR count). The Kier molecular flexibility index (Phi) is 11.8. The molecule has 2 aliphatic heterocycles. The normalized spacial score (nSPS) is 17.5. The van der Waals surface area contributed by atoms with Gasteiger partial charge < -0.3 is 20.0 Å². The Morgan fingerprint density at radius 3 is 1.86 bits per heavy atom. The van der Waals surface area contributed by atoms with Crippen molar-refractivity contribution >= 4 is 17.8 Å². The maximum Gasteiger partial charge on any atom is 0.490 e. The number of pyridine rings is 1. The van der Waals surface area contributed by atoms with Crippen molar-refractivity contribution in [2.24, 2.45) is 5.41 Å². The number of carbonyl (C=O) groups excluding carboxylic acids is 1. The summed E-state index contributed by atoms with van der Waals surface area (Å²) in [6, 6.07) is 4.16. The quantitative estimate of drug-likeness (QED) is 0.557. The van der Waals surface area contributed by atoms with E-state index in [4.69, 9.17) is 19.8 Å². The third-order valence-electron chi connectivity index (χ3n) is 5.76. The van der Waals surface area contributed by atoms with Crippen LogP contribution in [0.2, 0.25) is 0 Å². The number of hydrogen-bond acceptors (Lipinski definition) is 6. The summed E-state index contributed by atoms with van der Waals surface area (Å²) in [6.07, 6.45) is -2.81. The van der Waals surface area contributed by atoms with Crippen LogP contribution in [0.4, 0.5) is 26.3 Å². The van der Waals surface area contributed by atoms with Crippen molar-refractivity contribution in [1.29, 1.82) is 0 Å². The molecule has 0 atom stereocenters. The van der Waals surface area contributed by atoms with E-state index in [9.17, 15) is 31.1 Å². The topological polar surface area (TPSA) is 114 Å². The van der Waals surface area contributed by atoms with Gasteiger partial charge in [0.1, 0.15) is 0 Å². The maximum atomic E-state index is 12.2. The van der Waals surface area contributed by atoms with Crippen LogP contribution in [-0.2, 0) is 20.9 Å². The van der Waals surface area contributed by atoms with Gasteiger partial charge in [0.05, 0.1) is 6.54 Å². The number of carboxylic acids is 2. The number of likely N-dealkylation sites (tertiary alicyclic amines) is 2. The first-order chi connectivity index (χ1) is 16.9. The van der Waals surface area contributed by atoms with Gasteiger partial charge in [0.25, 0.3) is 0 Å². The summed E-state index contributed by atoms with van der Waals surface area (Å²) < 4.78 is 63.5. The summed E-state index contributed by atoms with van der Waals surface area (Å²) in [5, 5.41) is 14.2. The van der Waals surface area contributed by atoms with Crippen LogP contribution >= 0.6 is 0 Å². The van der Waals surface area contributed by atoms with Gasteiger partial charge in [0.15, 0.2) is 0 Å². The van der Waals surface area contributed by atoms with E-state index in [2.05, 4.69) is 20.9 Å². The van der Waals surface area contributed by atoms with Crippen molar-refractivity contribution in [2.45, 2.75) is 38.2 Å². The Bertz CT molecular complexity index is 864. The molecular formula is C22H30F6N4O5. The van der Waals surface area contributed by atoms with Crippen LogP contribution in [0.1, 0.15) is 24.8 Å². The fraction of sp³-hybridized carbons (Fsp3) is 0.636. The monoisotopic (exact) mass is 544 g/mol. The Balaban J connectivity index is 0.000000404. The van der Waals surface area contributed by atoms with Crippen LogP contribution in [0, 0.1) is 5.41 Å². The number of carbonyl (C=O) groups is 3. The van der Waals surface area contributed by atoms with Crippen LogP contribution in [0.15, 0.2) is 24.5 Å². The number of alkyl halides is 6. The maximum absolute atomic E-state index is 12.2. The molecule has 9 nitrogen and oxygen atoms in total. The molecule has 2 aliphatic rings. The zero-order valence-electron chi connectivity index (χ0n) is 20.3. The smallest absolute Gasteiger partial charge is 0.475 e. The number of nitrogens with zero attached hydrogens (tertiary/aromatic N) is 4. The zero-order valence-corrected chi connectivity index (χ0v) is 20.3. The lowest BCUT2D eigenvalue weighted by Crippen LogP contribution is -2.46. The van der Waals surface area contributed by atoms with Crippen LogP contribution in [-0.4, -0.2) is 107 Å². The number of amides is 1. The van der Waals surface area contributed by atoms with Gasteiger partial charge in [0, 0.05) is 38.6 Å². The standard InChI is InChI=1S/C18H28N4O.2C2HF3O2/c1-20(2)14-17(23)22-10-6-18(7-11-22)5-9-21(15-18)13-16-4-3-8-19-12-16;2*3-2(4,5)1(6)7/h3-4,8,12H,5-7,9-11,13-15H2,1-2H3;2*(H,6,7). The first-order valence-electron chi connectivity index (χ1n) is 11.1. The molecule has 37 heavy (non-hydrogen) atoms. The van der Waals surface area contributed by atoms with Crippen molar-refractivity contribution in [3.05, 3.63) is 30.1 Å². The predicted molar refractivity (Wildman–Crippen MR) is 118 cm³/mol. The third-order valence-corrected chi connectivity index (χ3v) is 5.76. The number of piperidine rings is 1. The first kappa shape index (κ1) is 32.1. The largest absolute Gasteiger partial charge is 0.490 e. The molecule has 210 valence electrons. The van der Waals surface area contributed by atoms with E-state index >= 15 is 0 Å². The molecule has 1 spiro atoms. The Morgan fingerprint density at radius 1 is 0.973 bits per heavy atom. The summed E-state index contributed by atoms with van der Waals surface area (Å²) in [4.78, 5) is 40.7. The molecule has 1 amide bonds. The Hall–Kier alpha value is -2.94. The number of aliphatic carboxylic acids is 2. The second-order valence-electron chi connectivity index (χ2n) is 9.05. The highest BCUT2D eigenvalue weighted by atomic mass is 19.4. The van der Waals surface area contributed by atoms with Crippen LogP contribution in [0.5, 0.6) is 0 Å². The molecule has 0 unspecified atom stereocenters. The van der Waals surface area contributed by atoms with Crippen LogP contribution < -0.4 is 0 Å². The highest BCUT2D eigenvalue weighted by molar-refractivity contribution is 5.78. The molecular weight excluding hydrogens is 514 g/mol. The summed E-state index contributed by atoms with van der Waals surface area (Å²) in [5.41, 5.74) is 1.72. The van der Waals surface area contributed by atoms with Crippen molar-refractivity contribution in [3.8, 4) is 0 Å². The second kappa shape index (κ2) is 13.6. The van der Waals surface area contributed by atoms with Gasteiger partial charge in [0.2, 0.25) is 5.91 Å². The van der Waals surface area contributed by atoms with Gasteiger partial charge in [-0.05, 0) is 56.9 Å². The molecule has 1 aromatic heterocycles. The van der Waals surface area contributed by atoms with E-state index in [1.165, 1.54) is 18.5 Å². The molecule has 2 fully saturated rings. The molecule has 2 N–H and O–H groups in total. The number of likely N-dealkylation sites (N-methyl/N-ethyl adjacent to an activating group) is 1. The lowest BCUT2D eigenvalue weighted by atomic mass is 9.78. The summed E-state index contributed by atoms with van der Waals surface area (Å²) in [6.45, 7) is 5.71. The molecule has 0 aromatic carbocycles. The first-order valence-corrected chi connectivity index (χ1v) is 11.1. The minimum Gasteiger partial charge on any atom is -0.475 e. The van der Waals surface area contributed by atoms with Crippen molar-refractivity contribution < 1.29 is 50.9 Å². The fourth-order valence-corrected chi connectivity index (χ4v) is 3.92. The Morgan fingerprint density at radius 2 is 1.46 bits per heavy atom. The molecule has 3 heterocycles. The van der Waals surface area contributed by atoms with Gasteiger partial charge >= 0.3 is 24.3 Å². The van der Waals surface area contributed by atoms with Gasteiger partial charge in [-0.15, -0.1) is 0 Å². The summed E-state index contributed by atoms with van der Waals surface area (Å²) in [5.74, 6) is -5.24. The van der Waals surface area contributed by atoms with Crippen molar-refractivity contribution in [3.63, 3.8) is 0 Å². The number of carboxylic acid groups (broad SMARTS) is 2. The van der Waals surface area contributed by atoms with E-state index in [1.54, 1.807) is 0 Å². The van der Waals surface area contributed by atoms with E-state index in [1.807, 2.05) is 37.5 Å². The number of aromatic nitrogens is 1.